The van der Waals surface area contributed by atoms with Gasteiger partial charge in [-0.05, 0) is 25.0 Å². The minimum absolute atomic E-state index is 0.162. The lowest BCUT2D eigenvalue weighted by atomic mass is 10.3. The molecular weight excluding hydrogens is 383 g/mol. The largest absolute Gasteiger partial charge is 0.423 e. The molecule has 1 fully saturated rings. The Bertz CT molecular complexity index is 1010. The van der Waals surface area contributed by atoms with Crippen molar-refractivity contribution < 1.29 is 18.7 Å². The summed E-state index contributed by atoms with van der Waals surface area (Å²) in [5.74, 6) is 1.11. The first-order valence-corrected chi connectivity index (χ1v) is 10.7. The van der Waals surface area contributed by atoms with Crippen LogP contribution in [-0.2, 0) is 15.8 Å². The molecule has 0 bridgehead atoms. The molecule has 1 aliphatic carbocycles. The van der Waals surface area contributed by atoms with Crippen LogP contribution in [0.25, 0.3) is 11.2 Å². The number of nitrogen functional groups attached to an aromatic ring is 1. The maximum absolute atomic E-state index is 12.1. The zero-order chi connectivity index (χ0) is 19.6. The Balaban J connectivity index is 1.35. The summed E-state index contributed by atoms with van der Waals surface area (Å²) in [5.41, 5.74) is 7.04. The topological polar surface area (TPSA) is 137 Å². The Morgan fingerprint density at radius 3 is 2.82 bits per heavy atom. The summed E-state index contributed by atoms with van der Waals surface area (Å²) < 4.78 is 24.3. The van der Waals surface area contributed by atoms with Gasteiger partial charge >= 0.3 is 7.60 Å². The van der Waals surface area contributed by atoms with Gasteiger partial charge in [0.25, 0.3) is 0 Å². The van der Waals surface area contributed by atoms with Crippen molar-refractivity contribution in [2.45, 2.75) is 25.4 Å². The monoisotopic (exact) mass is 404 g/mol. The second-order valence-corrected chi connectivity index (χ2v) is 8.25. The molecule has 0 saturated heterocycles. The minimum atomic E-state index is -3.90. The highest BCUT2D eigenvalue weighted by Crippen LogP contribution is 2.42. The molecule has 1 aliphatic rings. The number of nitrogens with one attached hydrogen (secondary N) is 1. The molecule has 1 unspecified atom stereocenters. The van der Waals surface area contributed by atoms with Crippen LogP contribution < -0.4 is 15.6 Å². The third-order valence-corrected chi connectivity index (χ3v) is 5.13. The summed E-state index contributed by atoms with van der Waals surface area (Å²) in [6, 6.07) is 8.87. The van der Waals surface area contributed by atoms with Crippen LogP contribution in [0.1, 0.15) is 12.8 Å². The van der Waals surface area contributed by atoms with Gasteiger partial charge in [-0.3, -0.25) is 0 Å². The van der Waals surface area contributed by atoms with E-state index in [0.29, 0.717) is 35.3 Å². The van der Waals surface area contributed by atoms with Crippen LogP contribution in [0.3, 0.4) is 0 Å². The second-order valence-electron chi connectivity index (χ2n) is 6.54. The predicted octanol–water partition coefficient (Wildman–Crippen LogP) is 2.22. The van der Waals surface area contributed by atoms with E-state index in [0.717, 1.165) is 12.8 Å². The average molecular weight is 404 g/mol. The van der Waals surface area contributed by atoms with Crippen LogP contribution in [0, 0.1) is 0 Å². The van der Waals surface area contributed by atoms with E-state index in [4.69, 9.17) is 15.0 Å². The standard InChI is InChI=1S/C17H21N6O4P/c18-17-21-15(20-12-6-7-12)14-16(22-17)23(10-19-14)8-9-26-11-28(24,25)27-13-4-2-1-3-5-13/h1-5,10,12H,6-9,11H2,(H,24,25)(H3,18,20,21,22). The summed E-state index contributed by atoms with van der Waals surface area (Å²) in [7, 11) is -3.90. The maximum atomic E-state index is 12.1. The molecule has 1 atom stereocenters. The van der Waals surface area contributed by atoms with Crippen LogP contribution in [-0.4, -0.2) is 43.4 Å². The number of ether oxygens (including phenoxy) is 1. The molecule has 0 amide bonds. The SMILES string of the molecule is Nc1nc(NC2CC2)c2ncn(CCOCP(=O)(O)Oc3ccccc3)c2n1. The summed E-state index contributed by atoms with van der Waals surface area (Å²) in [6.07, 6.45) is 3.41. The van der Waals surface area contributed by atoms with Gasteiger partial charge in [0.2, 0.25) is 5.95 Å². The fourth-order valence-corrected chi connectivity index (χ4v) is 3.53. The van der Waals surface area contributed by atoms with Crippen molar-refractivity contribution in [3.63, 3.8) is 0 Å². The molecule has 2 heterocycles. The number of fused-ring (bicyclic) bond motifs is 1. The van der Waals surface area contributed by atoms with Gasteiger partial charge in [0.1, 0.15) is 5.75 Å². The van der Waals surface area contributed by atoms with Gasteiger partial charge in [-0.2, -0.15) is 9.97 Å². The van der Waals surface area contributed by atoms with Gasteiger partial charge in [0, 0.05) is 12.6 Å². The molecule has 148 valence electrons. The Hall–Kier alpha value is -2.68. The number of benzene rings is 1. The minimum Gasteiger partial charge on any atom is -0.423 e. The van der Waals surface area contributed by atoms with Gasteiger partial charge in [-0.15, -0.1) is 0 Å². The first-order chi connectivity index (χ1) is 13.5. The zero-order valence-corrected chi connectivity index (χ0v) is 16.0. The van der Waals surface area contributed by atoms with Crippen molar-refractivity contribution in [1.82, 2.24) is 19.5 Å². The van der Waals surface area contributed by atoms with E-state index in [1.165, 1.54) is 0 Å². The number of hydrogen-bond acceptors (Lipinski definition) is 8. The van der Waals surface area contributed by atoms with E-state index in [2.05, 4.69) is 20.3 Å². The van der Waals surface area contributed by atoms with E-state index in [1.807, 2.05) is 0 Å². The summed E-state index contributed by atoms with van der Waals surface area (Å²) in [6.45, 7) is 0.574. The van der Waals surface area contributed by atoms with E-state index in [-0.39, 0.29) is 12.6 Å². The van der Waals surface area contributed by atoms with Gasteiger partial charge in [0.15, 0.2) is 23.3 Å². The number of nitrogens with zero attached hydrogens (tertiary/aromatic N) is 4. The van der Waals surface area contributed by atoms with Crippen LogP contribution in [0.4, 0.5) is 11.8 Å². The number of para-hydroxylation sites is 1. The molecule has 28 heavy (non-hydrogen) atoms. The Morgan fingerprint density at radius 1 is 1.29 bits per heavy atom. The van der Waals surface area contributed by atoms with E-state index < -0.39 is 13.9 Å². The smallest absolute Gasteiger partial charge is 0.402 e. The Labute approximate surface area is 161 Å². The number of hydrogen-bond donors (Lipinski definition) is 3. The van der Waals surface area contributed by atoms with Crippen molar-refractivity contribution in [2.24, 2.45) is 0 Å². The lowest BCUT2D eigenvalue weighted by Crippen LogP contribution is -2.10. The zero-order valence-electron chi connectivity index (χ0n) is 15.1. The molecule has 10 nitrogen and oxygen atoms in total. The molecule has 2 aromatic heterocycles. The number of aromatic nitrogens is 4. The van der Waals surface area contributed by atoms with Crippen molar-refractivity contribution >= 4 is 30.5 Å². The molecule has 1 aromatic carbocycles. The fourth-order valence-electron chi connectivity index (χ4n) is 2.66. The van der Waals surface area contributed by atoms with Crippen molar-refractivity contribution in [3.05, 3.63) is 36.7 Å². The molecule has 4 rings (SSSR count). The van der Waals surface area contributed by atoms with Gasteiger partial charge in [-0.1, -0.05) is 18.2 Å². The van der Waals surface area contributed by atoms with Gasteiger partial charge in [-0.25, -0.2) is 9.55 Å². The third kappa shape index (κ3) is 4.59. The number of anilines is 2. The third-order valence-electron chi connectivity index (χ3n) is 4.12. The fraction of sp³-hybridized carbons (Fsp3) is 0.353. The molecule has 1 saturated carbocycles. The second kappa shape index (κ2) is 7.75. The molecule has 11 heteroatoms. The Morgan fingerprint density at radius 2 is 2.07 bits per heavy atom. The first-order valence-electron chi connectivity index (χ1n) is 8.89. The van der Waals surface area contributed by atoms with E-state index in [1.54, 1.807) is 41.2 Å². The molecule has 0 aliphatic heterocycles. The quantitative estimate of drug-likeness (QED) is 0.362. The molecule has 0 spiro atoms. The predicted molar refractivity (Wildman–Crippen MR) is 104 cm³/mol. The lowest BCUT2D eigenvalue weighted by molar-refractivity contribution is 0.151. The van der Waals surface area contributed by atoms with Crippen molar-refractivity contribution in [1.29, 1.82) is 0 Å². The van der Waals surface area contributed by atoms with Gasteiger partial charge in [0.05, 0.1) is 12.9 Å². The maximum Gasteiger partial charge on any atom is 0.402 e. The average Bonchev–Trinajstić information content (AvgIpc) is 3.37. The summed E-state index contributed by atoms with van der Waals surface area (Å²) in [5, 5.41) is 3.30. The van der Waals surface area contributed by atoms with Crippen LogP contribution in [0.5, 0.6) is 5.75 Å². The van der Waals surface area contributed by atoms with Crippen LogP contribution >= 0.6 is 7.60 Å². The van der Waals surface area contributed by atoms with Crippen LogP contribution in [0.15, 0.2) is 36.7 Å². The van der Waals surface area contributed by atoms with Crippen LogP contribution in [0.2, 0.25) is 0 Å². The summed E-state index contributed by atoms with van der Waals surface area (Å²) >= 11 is 0. The van der Waals surface area contributed by atoms with E-state index in [9.17, 15) is 9.46 Å². The number of rotatable bonds is 9. The molecule has 3 aromatic rings. The highest BCUT2D eigenvalue weighted by atomic mass is 31.2. The van der Waals surface area contributed by atoms with E-state index >= 15 is 0 Å². The summed E-state index contributed by atoms with van der Waals surface area (Å²) in [4.78, 5) is 22.7. The molecule has 4 N–H and O–H groups in total. The molecule has 0 radical (unpaired) electrons. The lowest BCUT2D eigenvalue weighted by Gasteiger charge is -2.13. The highest BCUT2D eigenvalue weighted by molar-refractivity contribution is 7.53. The van der Waals surface area contributed by atoms with Gasteiger partial charge < -0.3 is 29.8 Å². The van der Waals surface area contributed by atoms with Crippen molar-refractivity contribution in [2.75, 3.05) is 24.0 Å². The van der Waals surface area contributed by atoms with Crippen molar-refractivity contribution in [3.8, 4) is 5.75 Å². The number of imidazole rings is 1. The number of nitrogens with two attached hydrogens (primary N) is 1. The highest BCUT2D eigenvalue weighted by Gasteiger charge is 2.24. The first kappa shape index (κ1) is 18.7. The normalized spacial score (nSPS) is 16.0. The molecular formula is C17H21N6O4P. The Kier molecular flexibility index (Phi) is 5.17.